The van der Waals surface area contributed by atoms with Gasteiger partial charge >= 0.3 is 13.8 Å². The van der Waals surface area contributed by atoms with Crippen molar-refractivity contribution >= 4 is 13.8 Å². The zero-order valence-electron chi connectivity index (χ0n) is 14.5. The Bertz CT molecular complexity index is 880. The average Bonchev–Trinajstić information content (AvgIpc) is 2.68. The number of carbonyl (C=O) groups excluding carboxylic acids is 1. The molecule has 0 spiro atoms. The Morgan fingerprint density at radius 1 is 0.741 bits per heavy atom. The Labute approximate surface area is 156 Å². The molecule has 0 unspecified atom stereocenters. The fraction of sp³-hybridized carbons (Fsp3) is 0.0500. The summed E-state index contributed by atoms with van der Waals surface area (Å²) < 4.78 is 28.5. The first-order valence-corrected chi connectivity index (χ1v) is 9.57. The molecule has 0 saturated heterocycles. The van der Waals surface area contributed by atoms with Crippen LogP contribution in [0, 0.1) is 6.92 Å². The highest BCUT2D eigenvalue weighted by Gasteiger charge is 2.35. The molecule has 0 aliphatic rings. The van der Waals surface area contributed by atoms with Crippen molar-refractivity contribution in [3.8, 4) is 11.5 Å². The lowest BCUT2D eigenvalue weighted by atomic mass is 10.2. The van der Waals surface area contributed by atoms with Crippen LogP contribution in [0.5, 0.6) is 11.5 Å². The zero-order chi connectivity index (χ0) is 19.1. The lowest BCUT2D eigenvalue weighted by Gasteiger charge is -2.17. The van der Waals surface area contributed by atoms with Gasteiger partial charge in [-0.25, -0.2) is 9.36 Å². The molecule has 0 amide bonds. The molecule has 7 heteroatoms. The van der Waals surface area contributed by atoms with E-state index < -0.39 is 13.8 Å². The van der Waals surface area contributed by atoms with Gasteiger partial charge in [-0.3, -0.25) is 4.89 Å². The van der Waals surface area contributed by atoms with E-state index in [4.69, 9.17) is 18.6 Å². The summed E-state index contributed by atoms with van der Waals surface area (Å²) in [5, 5.41) is 0. The second-order valence-electron chi connectivity index (χ2n) is 5.57. The Kier molecular flexibility index (Phi) is 5.91. The van der Waals surface area contributed by atoms with Crippen molar-refractivity contribution < 1.29 is 28.0 Å². The predicted octanol–water partition coefficient (Wildman–Crippen LogP) is 5.35. The molecular weight excluding hydrogens is 367 g/mol. The number of para-hydroxylation sites is 2. The summed E-state index contributed by atoms with van der Waals surface area (Å²) in [4.78, 5) is 16.9. The van der Waals surface area contributed by atoms with E-state index >= 15 is 0 Å². The van der Waals surface area contributed by atoms with E-state index in [1.807, 2.05) is 6.92 Å². The van der Waals surface area contributed by atoms with Crippen LogP contribution >= 0.6 is 7.82 Å². The summed E-state index contributed by atoms with van der Waals surface area (Å²) in [5.41, 5.74) is 1.23. The fourth-order valence-corrected chi connectivity index (χ4v) is 3.10. The van der Waals surface area contributed by atoms with E-state index in [1.165, 1.54) is 0 Å². The number of aryl methyl sites for hydroxylation is 1. The molecule has 3 rings (SSSR count). The smallest absolute Gasteiger partial charge is 0.393 e. The Morgan fingerprint density at radius 3 is 1.70 bits per heavy atom. The topological polar surface area (TPSA) is 71.1 Å². The van der Waals surface area contributed by atoms with E-state index in [0.29, 0.717) is 0 Å². The van der Waals surface area contributed by atoms with Crippen LogP contribution in [0.15, 0.2) is 84.9 Å². The second-order valence-corrected chi connectivity index (χ2v) is 6.98. The monoisotopic (exact) mass is 384 g/mol. The van der Waals surface area contributed by atoms with E-state index in [1.54, 1.807) is 84.9 Å². The normalized spacial score (nSPS) is 10.9. The Hall–Kier alpha value is -3.08. The fourth-order valence-electron chi connectivity index (χ4n) is 2.09. The van der Waals surface area contributed by atoms with Crippen LogP contribution in [0.4, 0.5) is 0 Å². The maximum absolute atomic E-state index is 13.0. The van der Waals surface area contributed by atoms with Crippen molar-refractivity contribution in [3.05, 3.63) is 96.1 Å². The summed E-state index contributed by atoms with van der Waals surface area (Å²) in [6, 6.07) is 23.3. The van der Waals surface area contributed by atoms with Crippen LogP contribution in [-0.2, 0) is 14.1 Å². The number of hydrogen-bond acceptors (Lipinski definition) is 6. The minimum Gasteiger partial charge on any atom is -0.393 e. The Morgan fingerprint density at radius 2 is 1.22 bits per heavy atom. The van der Waals surface area contributed by atoms with Crippen LogP contribution < -0.4 is 9.05 Å². The average molecular weight is 384 g/mol. The zero-order valence-corrected chi connectivity index (χ0v) is 15.4. The molecule has 138 valence electrons. The Balaban J connectivity index is 1.75. The predicted molar refractivity (Wildman–Crippen MR) is 99.4 cm³/mol. The number of benzene rings is 3. The first-order valence-electron chi connectivity index (χ1n) is 8.11. The van der Waals surface area contributed by atoms with Gasteiger partial charge in [0, 0.05) is 0 Å². The first kappa shape index (κ1) is 18.7. The van der Waals surface area contributed by atoms with Gasteiger partial charge in [0.25, 0.3) is 0 Å². The van der Waals surface area contributed by atoms with Gasteiger partial charge in [0.15, 0.2) is 0 Å². The minimum absolute atomic E-state index is 0.239. The van der Waals surface area contributed by atoms with E-state index in [9.17, 15) is 9.36 Å². The molecule has 0 bridgehead atoms. The van der Waals surface area contributed by atoms with Gasteiger partial charge in [0.2, 0.25) is 0 Å². The number of phosphoric ester groups is 1. The molecule has 0 saturated carbocycles. The van der Waals surface area contributed by atoms with Gasteiger partial charge in [-0.05, 0) is 48.0 Å². The molecule has 3 aromatic carbocycles. The molecule has 3 aromatic rings. The standard InChI is InChI=1S/C20H17O6P/c1-16-12-14-17(15-13-16)20(21)23-26-27(22,24-18-8-4-2-5-9-18)25-19-10-6-3-7-11-19/h2-15H,1H3. The highest BCUT2D eigenvalue weighted by Crippen LogP contribution is 2.49. The molecule has 0 N–H and O–H groups in total. The third-order valence-corrected chi connectivity index (χ3v) is 4.54. The molecule has 6 nitrogen and oxygen atoms in total. The number of hydrogen-bond donors (Lipinski definition) is 0. The van der Waals surface area contributed by atoms with Crippen LogP contribution in [0.1, 0.15) is 15.9 Å². The summed E-state index contributed by atoms with van der Waals surface area (Å²) in [7, 11) is -4.29. The summed E-state index contributed by atoms with van der Waals surface area (Å²) in [5.74, 6) is -0.338. The quantitative estimate of drug-likeness (QED) is 0.311. The van der Waals surface area contributed by atoms with E-state index in [2.05, 4.69) is 0 Å². The SMILES string of the molecule is Cc1ccc(C(=O)OOP(=O)(Oc2ccccc2)Oc2ccccc2)cc1. The summed E-state index contributed by atoms with van der Waals surface area (Å²) in [6.45, 7) is 1.89. The van der Waals surface area contributed by atoms with Gasteiger partial charge < -0.3 is 9.05 Å². The number of rotatable bonds is 7. The van der Waals surface area contributed by atoms with E-state index in [-0.39, 0.29) is 17.1 Å². The first-order chi connectivity index (χ1) is 13.0. The van der Waals surface area contributed by atoms with Gasteiger partial charge in [-0.1, -0.05) is 54.1 Å². The van der Waals surface area contributed by atoms with Gasteiger partial charge in [-0.2, -0.15) is 0 Å². The summed E-state index contributed by atoms with van der Waals surface area (Å²) >= 11 is 0. The van der Waals surface area contributed by atoms with Crippen LogP contribution in [-0.4, -0.2) is 5.97 Å². The number of carbonyl (C=O) groups is 1. The van der Waals surface area contributed by atoms with Crippen molar-refractivity contribution in [2.24, 2.45) is 0 Å². The lowest BCUT2D eigenvalue weighted by Crippen LogP contribution is -2.10. The molecule has 0 aliphatic heterocycles. The van der Waals surface area contributed by atoms with Crippen molar-refractivity contribution in [1.82, 2.24) is 0 Å². The molecule has 0 aromatic heterocycles. The highest BCUT2D eigenvalue weighted by molar-refractivity contribution is 7.49. The van der Waals surface area contributed by atoms with Crippen LogP contribution in [0.3, 0.4) is 0 Å². The lowest BCUT2D eigenvalue weighted by molar-refractivity contribution is -0.163. The third-order valence-electron chi connectivity index (χ3n) is 3.41. The van der Waals surface area contributed by atoms with Crippen molar-refractivity contribution in [3.63, 3.8) is 0 Å². The molecule has 0 radical (unpaired) electrons. The largest absolute Gasteiger partial charge is 0.625 e. The summed E-state index contributed by atoms with van der Waals surface area (Å²) in [6.07, 6.45) is 0. The molecule has 0 atom stereocenters. The van der Waals surface area contributed by atoms with Crippen LogP contribution in [0.25, 0.3) is 0 Å². The van der Waals surface area contributed by atoms with Crippen LogP contribution in [0.2, 0.25) is 0 Å². The minimum atomic E-state index is -4.29. The highest BCUT2D eigenvalue weighted by atomic mass is 31.2. The van der Waals surface area contributed by atoms with E-state index in [0.717, 1.165) is 5.56 Å². The molecule has 0 fully saturated rings. The number of phosphoric acid groups is 1. The third kappa shape index (κ3) is 5.45. The molecule has 0 aliphatic carbocycles. The van der Waals surface area contributed by atoms with Gasteiger partial charge in [0.05, 0.1) is 5.56 Å². The second kappa shape index (κ2) is 8.54. The van der Waals surface area contributed by atoms with Crippen molar-refractivity contribution in [2.45, 2.75) is 6.92 Å². The maximum Gasteiger partial charge on any atom is 0.625 e. The molecular formula is C20H17O6P. The van der Waals surface area contributed by atoms with Gasteiger partial charge in [0.1, 0.15) is 11.5 Å². The van der Waals surface area contributed by atoms with Crippen molar-refractivity contribution in [2.75, 3.05) is 0 Å². The van der Waals surface area contributed by atoms with Gasteiger partial charge in [-0.15, -0.1) is 0 Å². The van der Waals surface area contributed by atoms with Crippen molar-refractivity contribution in [1.29, 1.82) is 0 Å². The molecule has 0 heterocycles. The maximum atomic E-state index is 13.0. The molecule has 27 heavy (non-hydrogen) atoms.